The predicted octanol–water partition coefficient (Wildman–Crippen LogP) is 9.59. The quantitative estimate of drug-likeness (QED) is 0.403. The molecule has 0 bridgehead atoms. The molecule has 0 aromatic carbocycles. The zero-order chi connectivity index (χ0) is 21.1. The highest BCUT2D eigenvalue weighted by Gasteiger charge is 2.36. The van der Waals surface area contributed by atoms with Crippen molar-refractivity contribution < 1.29 is 0 Å². The van der Waals surface area contributed by atoms with Gasteiger partial charge in [0.2, 0.25) is 0 Å². The molecule has 0 radical (unpaired) electrons. The summed E-state index contributed by atoms with van der Waals surface area (Å²) >= 11 is 0. The van der Waals surface area contributed by atoms with Crippen LogP contribution < -0.4 is 0 Å². The Labute approximate surface area is 189 Å². The van der Waals surface area contributed by atoms with E-state index >= 15 is 0 Å². The first kappa shape index (κ1) is 22.9. The van der Waals surface area contributed by atoms with E-state index in [4.69, 9.17) is 0 Å². The molecule has 0 spiro atoms. The van der Waals surface area contributed by atoms with Gasteiger partial charge in [-0.15, -0.1) is 0 Å². The molecule has 0 heterocycles. The molecule has 4 aliphatic rings. The molecular weight excluding hydrogens is 360 g/mol. The van der Waals surface area contributed by atoms with Crippen molar-refractivity contribution in [3.63, 3.8) is 0 Å². The van der Waals surface area contributed by atoms with Crippen molar-refractivity contribution in [3.05, 3.63) is 11.1 Å². The third-order valence-corrected chi connectivity index (χ3v) is 10.9. The third kappa shape index (κ3) is 5.56. The second kappa shape index (κ2) is 10.6. The lowest BCUT2D eigenvalue weighted by Gasteiger charge is -2.43. The van der Waals surface area contributed by atoms with Crippen LogP contribution in [-0.4, -0.2) is 0 Å². The minimum absolute atomic E-state index is 0.908. The van der Waals surface area contributed by atoms with Gasteiger partial charge < -0.3 is 0 Å². The fraction of sp³-hybridized carbons (Fsp3) is 0.933. The van der Waals surface area contributed by atoms with Crippen LogP contribution >= 0.6 is 0 Å². The van der Waals surface area contributed by atoms with Gasteiger partial charge >= 0.3 is 0 Å². The fourth-order valence-electron chi connectivity index (χ4n) is 8.36. The molecule has 4 aliphatic carbocycles. The zero-order valence-corrected chi connectivity index (χ0v) is 20.9. The lowest BCUT2D eigenvalue weighted by molar-refractivity contribution is 0.0883. The van der Waals surface area contributed by atoms with Crippen molar-refractivity contribution in [1.82, 2.24) is 0 Å². The van der Waals surface area contributed by atoms with E-state index in [2.05, 4.69) is 27.7 Å². The number of hydrogen-bond donors (Lipinski definition) is 0. The van der Waals surface area contributed by atoms with Gasteiger partial charge in [0.05, 0.1) is 0 Å². The van der Waals surface area contributed by atoms with Crippen molar-refractivity contribution >= 4 is 0 Å². The van der Waals surface area contributed by atoms with E-state index in [1.165, 1.54) is 38.5 Å². The molecule has 4 saturated carbocycles. The van der Waals surface area contributed by atoms with Crippen LogP contribution in [-0.2, 0) is 0 Å². The van der Waals surface area contributed by atoms with Crippen LogP contribution in [0.5, 0.6) is 0 Å². The molecule has 0 nitrogen and oxygen atoms in total. The summed E-state index contributed by atoms with van der Waals surface area (Å²) in [6, 6.07) is 0. The summed E-state index contributed by atoms with van der Waals surface area (Å²) in [4.78, 5) is 0. The van der Waals surface area contributed by atoms with Crippen molar-refractivity contribution in [2.75, 3.05) is 0 Å². The van der Waals surface area contributed by atoms with E-state index in [9.17, 15) is 0 Å². The molecule has 0 saturated heterocycles. The van der Waals surface area contributed by atoms with Crippen molar-refractivity contribution in [1.29, 1.82) is 0 Å². The number of allylic oxidation sites excluding steroid dienone is 2. The van der Waals surface area contributed by atoms with E-state index in [1.807, 2.05) is 0 Å². The lowest BCUT2D eigenvalue weighted by atomic mass is 9.63. The van der Waals surface area contributed by atoms with E-state index < -0.39 is 0 Å². The molecule has 0 aliphatic heterocycles. The highest BCUT2D eigenvalue weighted by molar-refractivity contribution is 5.11. The maximum atomic E-state index is 2.47. The highest BCUT2D eigenvalue weighted by atomic mass is 14.4. The van der Waals surface area contributed by atoms with Crippen LogP contribution in [0.4, 0.5) is 0 Å². The number of rotatable bonds is 4. The average molecular weight is 413 g/mol. The number of hydrogen-bond acceptors (Lipinski definition) is 0. The summed E-state index contributed by atoms with van der Waals surface area (Å²) in [6.07, 6.45) is 24.8. The Morgan fingerprint density at radius 2 is 0.667 bits per heavy atom. The largest absolute Gasteiger partial charge is 0.0772 e. The van der Waals surface area contributed by atoms with Crippen LogP contribution in [0.25, 0.3) is 0 Å². The minimum Gasteiger partial charge on any atom is -0.0772 e. The van der Waals surface area contributed by atoms with Gasteiger partial charge in [0.15, 0.2) is 0 Å². The van der Waals surface area contributed by atoms with Gasteiger partial charge in [-0.25, -0.2) is 0 Å². The highest BCUT2D eigenvalue weighted by Crippen LogP contribution is 2.48. The summed E-state index contributed by atoms with van der Waals surface area (Å²) < 4.78 is 0. The van der Waals surface area contributed by atoms with Gasteiger partial charge in [-0.05, 0) is 158 Å². The first-order chi connectivity index (χ1) is 14.5. The standard InChI is InChI=1S/C30H52/c1-21(2)23(4)24-9-11-26(12-10-24)28-17-19-30(20-18-28)29-15-13-27(14-16-29)25-7-5-22(3)6-8-25/h22,24-30H,5-20H2,1-4H3. The Balaban J connectivity index is 1.16. The molecule has 0 amide bonds. The Hall–Kier alpha value is -0.260. The Kier molecular flexibility index (Phi) is 8.08. The normalized spacial score (nSPS) is 43.2. The van der Waals surface area contributed by atoms with E-state index in [0.717, 1.165) is 47.3 Å². The topological polar surface area (TPSA) is 0 Å². The summed E-state index contributed by atoms with van der Waals surface area (Å²) in [5.74, 6) is 8.46. The van der Waals surface area contributed by atoms with Gasteiger partial charge in [-0.1, -0.05) is 30.9 Å². The molecule has 0 atom stereocenters. The maximum Gasteiger partial charge on any atom is -0.0203 e. The smallest absolute Gasteiger partial charge is 0.0203 e. The second-order valence-corrected chi connectivity index (χ2v) is 12.7. The molecule has 4 fully saturated rings. The van der Waals surface area contributed by atoms with Crippen molar-refractivity contribution in [2.45, 2.75) is 130 Å². The van der Waals surface area contributed by atoms with Gasteiger partial charge in [0.25, 0.3) is 0 Å². The van der Waals surface area contributed by atoms with Crippen molar-refractivity contribution in [2.24, 2.45) is 47.3 Å². The maximum absolute atomic E-state index is 2.47. The van der Waals surface area contributed by atoms with Crippen molar-refractivity contribution in [3.8, 4) is 0 Å². The predicted molar refractivity (Wildman–Crippen MR) is 132 cm³/mol. The SMILES string of the molecule is CC(C)=C(C)C1CCC(C2CCC(C3CCC(C4CCC(C)CC4)CC3)CC2)CC1. The zero-order valence-electron chi connectivity index (χ0n) is 20.9. The molecule has 4 rings (SSSR count). The van der Waals surface area contributed by atoms with E-state index in [1.54, 1.807) is 75.4 Å². The van der Waals surface area contributed by atoms with Crippen LogP contribution in [0.3, 0.4) is 0 Å². The van der Waals surface area contributed by atoms with Crippen LogP contribution in [0.1, 0.15) is 130 Å². The molecular formula is C30H52. The monoisotopic (exact) mass is 412 g/mol. The van der Waals surface area contributed by atoms with Gasteiger partial charge in [0.1, 0.15) is 0 Å². The summed E-state index contributed by atoms with van der Waals surface area (Å²) in [5, 5.41) is 0. The summed E-state index contributed by atoms with van der Waals surface area (Å²) in [5.41, 5.74) is 3.28. The van der Waals surface area contributed by atoms with Gasteiger partial charge in [-0.2, -0.15) is 0 Å². The Morgan fingerprint density at radius 1 is 0.400 bits per heavy atom. The van der Waals surface area contributed by atoms with Crippen LogP contribution in [0.2, 0.25) is 0 Å². The molecule has 172 valence electrons. The Morgan fingerprint density at radius 3 is 0.967 bits per heavy atom. The minimum atomic E-state index is 0.908. The van der Waals surface area contributed by atoms with Gasteiger partial charge in [-0.3, -0.25) is 0 Å². The van der Waals surface area contributed by atoms with Crippen LogP contribution in [0, 0.1) is 47.3 Å². The molecule has 0 aromatic heterocycles. The Bertz CT molecular complexity index is 535. The summed E-state index contributed by atoms with van der Waals surface area (Å²) in [7, 11) is 0. The fourth-order valence-corrected chi connectivity index (χ4v) is 8.36. The first-order valence-corrected chi connectivity index (χ1v) is 14.1. The molecule has 0 aromatic rings. The third-order valence-electron chi connectivity index (χ3n) is 10.9. The molecule has 30 heavy (non-hydrogen) atoms. The molecule has 0 unspecified atom stereocenters. The van der Waals surface area contributed by atoms with E-state index in [-0.39, 0.29) is 0 Å². The average Bonchev–Trinajstić information content (AvgIpc) is 2.79. The molecule has 0 N–H and O–H groups in total. The van der Waals surface area contributed by atoms with Crippen LogP contribution in [0.15, 0.2) is 11.1 Å². The van der Waals surface area contributed by atoms with E-state index in [0.29, 0.717) is 0 Å². The summed E-state index contributed by atoms with van der Waals surface area (Å²) in [6.45, 7) is 9.49. The first-order valence-electron chi connectivity index (χ1n) is 14.1. The lowest BCUT2D eigenvalue weighted by Crippen LogP contribution is -2.31. The second-order valence-electron chi connectivity index (χ2n) is 12.7. The molecule has 0 heteroatoms. The van der Waals surface area contributed by atoms with Gasteiger partial charge in [0, 0.05) is 0 Å².